The highest BCUT2D eigenvalue weighted by atomic mass is 35.5. The first-order valence-electron chi connectivity index (χ1n) is 5.89. The summed E-state index contributed by atoms with van der Waals surface area (Å²) in [5.74, 6) is 1.41. The molecule has 110 valence electrons. The molecule has 0 saturated carbocycles. The summed E-state index contributed by atoms with van der Waals surface area (Å²) in [5.41, 5.74) is -0.291. The first kappa shape index (κ1) is 14.9. The number of nitro groups is 1. The third-order valence-electron chi connectivity index (χ3n) is 2.69. The minimum atomic E-state index is -0.588. The summed E-state index contributed by atoms with van der Waals surface area (Å²) >= 11 is 5.84. The minimum Gasteiger partial charge on any atom is -0.496 e. The summed E-state index contributed by atoms with van der Waals surface area (Å²) < 4.78 is 15.8. The van der Waals surface area contributed by atoms with Crippen molar-refractivity contribution in [3.8, 4) is 23.0 Å². The lowest BCUT2D eigenvalue weighted by Crippen LogP contribution is -1.95. The Labute approximate surface area is 126 Å². The van der Waals surface area contributed by atoms with Gasteiger partial charge in [0.15, 0.2) is 0 Å². The van der Waals surface area contributed by atoms with Gasteiger partial charge in [-0.2, -0.15) is 0 Å². The molecular weight excluding hydrogens is 298 g/mol. The van der Waals surface area contributed by atoms with Crippen molar-refractivity contribution in [3.05, 3.63) is 51.5 Å². The Morgan fingerprint density at radius 3 is 2.14 bits per heavy atom. The van der Waals surface area contributed by atoms with E-state index in [1.54, 1.807) is 24.3 Å². The van der Waals surface area contributed by atoms with Crippen LogP contribution in [0.1, 0.15) is 0 Å². The molecule has 0 amide bonds. The number of benzene rings is 2. The molecule has 0 atom stereocenters. The molecule has 0 saturated heterocycles. The van der Waals surface area contributed by atoms with Gasteiger partial charge < -0.3 is 14.2 Å². The summed E-state index contributed by atoms with van der Waals surface area (Å²) in [5, 5.41) is 11.1. The lowest BCUT2D eigenvalue weighted by molar-refractivity contribution is -0.385. The lowest BCUT2D eigenvalue weighted by Gasteiger charge is -2.10. The van der Waals surface area contributed by atoms with Gasteiger partial charge in [0, 0.05) is 18.2 Å². The van der Waals surface area contributed by atoms with Crippen molar-refractivity contribution in [2.75, 3.05) is 14.2 Å². The van der Waals surface area contributed by atoms with E-state index in [2.05, 4.69) is 0 Å². The smallest absolute Gasteiger partial charge is 0.329 e. The highest BCUT2D eigenvalue weighted by molar-refractivity contribution is 6.32. The molecular formula is C14H12ClNO5. The molecule has 21 heavy (non-hydrogen) atoms. The summed E-state index contributed by atoms with van der Waals surface area (Å²) in [6, 6.07) is 9.32. The van der Waals surface area contributed by atoms with Crippen LogP contribution in [0.15, 0.2) is 36.4 Å². The van der Waals surface area contributed by atoms with Gasteiger partial charge in [-0.05, 0) is 12.1 Å². The zero-order chi connectivity index (χ0) is 15.4. The fourth-order valence-electron chi connectivity index (χ4n) is 1.72. The zero-order valence-electron chi connectivity index (χ0n) is 11.3. The third-order valence-corrected chi connectivity index (χ3v) is 2.99. The number of halogens is 1. The lowest BCUT2D eigenvalue weighted by atomic mass is 10.2. The number of para-hydroxylation sites is 1. The van der Waals surface area contributed by atoms with Gasteiger partial charge in [-0.1, -0.05) is 17.7 Å². The van der Waals surface area contributed by atoms with Crippen molar-refractivity contribution < 1.29 is 19.1 Å². The fourth-order valence-corrected chi connectivity index (χ4v) is 1.96. The van der Waals surface area contributed by atoms with E-state index >= 15 is 0 Å². The number of hydrogen-bond acceptors (Lipinski definition) is 5. The van der Waals surface area contributed by atoms with Gasteiger partial charge in [-0.25, -0.2) is 0 Å². The Hall–Kier alpha value is -2.47. The van der Waals surface area contributed by atoms with Gasteiger partial charge in [-0.3, -0.25) is 10.1 Å². The summed E-state index contributed by atoms with van der Waals surface area (Å²) in [6.45, 7) is 0. The normalized spacial score (nSPS) is 10.0. The SMILES string of the molecule is COc1cc(OC)cc(Oc2cccc(Cl)c2[N+](=O)[O-])c1. The van der Waals surface area contributed by atoms with E-state index in [1.807, 2.05) is 0 Å². The van der Waals surface area contributed by atoms with Crippen LogP contribution >= 0.6 is 11.6 Å². The van der Waals surface area contributed by atoms with Crippen LogP contribution in [0.2, 0.25) is 5.02 Å². The van der Waals surface area contributed by atoms with Crippen LogP contribution in [-0.2, 0) is 0 Å². The van der Waals surface area contributed by atoms with Crippen LogP contribution in [0.3, 0.4) is 0 Å². The fraction of sp³-hybridized carbons (Fsp3) is 0.143. The molecule has 6 nitrogen and oxygen atoms in total. The zero-order valence-corrected chi connectivity index (χ0v) is 12.1. The largest absolute Gasteiger partial charge is 0.496 e. The summed E-state index contributed by atoms with van der Waals surface area (Å²) in [4.78, 5) is 10.5. The Bertz CT molecular complexity index is 652. The maximum atomic E-state index is 11.1. The number of methoxy groups -OCH3 is 2. The van der Waals surface area contributed by atoms with Gasteiger partial charge >= 0.3 is 5.69 Å². The van der Waals surface area contributed by atoms with E-state index in [-0.39, 0.29) is 16.5 Å². The molecule has 0 aliphatic rings. The molecule has 0 aromatic heterocycles. The maximum absolute atomic E-state index is 11.1. The first-order valence-corrected chi connectivity index (χ1v) is 6.26. The second kappa shape index (κ2) is 6.32. The molecule has 7 heteroatoms. The first-order chi connectivity index (χ1) is 10.0. The van der Waals surface area contributed by atoms with Crippen LogP contribution in [0.4, 0.5) is 5.69 Å². The predicted octanol–water partition coefficient (Wildman–Crippen LogP) is 4.06. The molecule has 0 heterocycles. The molecule has 0 aliphatic heterocycles. The molecule has 0 aliphatic carbocycles. The van der Waals surface area contributed by atoms with Gasteiger partial charge in [0.1, 0.15) is 22.3 Å². The molecule has 0 bridgehead atoms. The number of rotatable bonds is 5. The van der Waals surface area contributed by atoms with Crippen LogP contribution in [0.5, 0.6) is 23.0 Å². The molecule has 2 rings (SSSR count). The quantitative estimate of drug-likeness (QED) is 0.615. The Morgan fingerprint density at radius 1 is 1.05 bits per heavy atom. The van der Waals surface area contributed by atoms with Crippen molar-refractivity contribution in [1.82, 2.24) is 0 Å². The summed E-state index contributed by atoms with van der Waals surface area (Å²) in [7, 11) is 3.00. The van der Waals surface area contributed by atoms with Crippen LogP contribution in [-0.4, -0.2) is 19.1 Å². The maximum Gasteiger partial charge on any atom is 0.329 e. The van der Waals surface area contributed by atoms with Gasteiger partial charge in [0.2, 0.25) is 5.75 Å². The van der Waals surface area contributed by atoms with Crippen molar-refractivity contribution in [2.24, 2.45) is 0 Å². The van der Waals surface area contributed by atoms with E-state index in [0.717, 1.165) is 0 Å². The number of ether oxygens (including phenoxy) is 3. The van der Waals surface area contributed by atoms with Crippen molar-refractivity contribution in [3.63, 3.8) is 0 Å². The molecule has 0 fully saturated rings. The van der Waals surface area contributed by atoms with E-state index in [4.69, 9.17) is 25.8 Å². The van der Waals surface area contributed by atoms with E-state index in [1.165, 1.54) is 26.4 Å². The number of nitrogens with zero attached hydrogens (tertiary/aromatic N) is 1. The third kappa shape index (κ3) is 3.35. The van der Waals surface area contributed by atoms with Gasteiger partial charge in [0.25, 0.3) is 0 Å². The van der Waals surface area contributed by atoms with E-state index in [0.29, 0.717) is 17.2 Å². The number of nitro benzene ring substituents is 1. The van der Waals surface area contributed by atoms with Crippen LogP contribution in [0, 0.1) is 10.1 Å². The van der Waals surface area contributed by atoms with Gasteiger partial charge in [-0.15, -0.1) is 0 Å². The Kier molecular flexibility index (Phi) is 4.49. The average molecular weight is 310 g/mol. The minimum absolute atomic E-state index is 0.00682. The molecule has 2 aromatic rings. The second-order valence-electron chi connectivity index (χ2n) is 3.99. The van der Waals surface area contributed by atoms with Crippen molar-refractivity contribution in [1.29, 1.82) is 0 Å². The molecule has 0 unspecified atom stereocenters. The standard InChI is InChI=1S/C14H12ClNO5/c1-19-9-6-10(20-2)8-11(7-9)21-13-5-3-4-12(15)14(13)16(17)18/h3-8H,1-2H3. The second-order valence-corrected chi connectivity index (χ2v) is 4.40. The van der Waals surface area contributed by atoms with Crippen molar-refractivity contribution >= 4 is 17.3 Å². The predicted molar refractivity (Wildman–Crippen MR) is 77.7 cm³/mol. The molecule has 0 spiro atoms. The van der Waals surface area contributed by atoms with Crippen LogP contribution < -0.4 is 14.2 Å². The molecule has 2 aromatic carbocycles. The van der Waals surface area contributed by atoms with Crippen LogP contribution in [0.25, 0.3) is 0 Å². The highest BCUT2D eigenvalue weighted by Gasteiger charge is 2.20. The Balaban J connectivity index is 2.43. The highest BCUT2D eigenvalue weighted by Crippen LogP contribution is 2.38. The van der Waals surface area contributed by atoms with Crippen molar-refractivity contribution in [2.45, 2.75) is 0 Å². The average Bonchev–Trinajstić information content (AvgIpc) is 2.46. The number of hydrogen-bond donors (Lipinski definition) is 0. The monoisotopic (exact) mass is 309 g/mol. The van der Waals surface area contributed by atoms with E-state index < -0.39 is 4.92 Å². The molecule has 0 radical (unpaired) electrons. The Morgan fingerprint density at radius 2 is 1.62 bits per heavy atom. The van der Waals surface area contributed by atoms with E-state index in [9.17, 15) is 10.1 Å². The molecule has 0 N–H and O–H groups in total. The van der Waals surface area contributed by atoms with Gasteiger partial charge in [0.05, 0.1) is 19.1 Å². The summed E-state index contributed by atoms with van der Waals surface area (Å²) in [6.07, 6.45) is 0. The topological polar surface area (TPSA) is 70.8 Å².